The van der Waals surface area contributed by atoms with Crippen LogP contribution in [-0.4, -0.2) is 4.98 Å². The van der Waals surface area contributed by atoms with Crippen molar-refractivity contribution in [3.05, 3.63) is 218 Å². The van der Waals surface area contributed by atoms with E-state index in [0.29, 0.717) is 5.89 Å². The standard InChI is InChI=1S/C55H36N2O/c1-3-14-37(15-4-1)43-30-32-51(49(36-43)44-28-26-38-16-7-9-18-41(38)34-44)57(46-21-5-2-6-22-46)50-25-12-11-23-47(50)48-24-13-20-40-31-33-52-54(53(40)48)56-55(58-52)45-29-27-39-17-8-10-19-42(39)35-45/h1-36H. The minimum absolute atomic E-state index is 0.612. The molecule has 0 amide bonds. The van der Waals surface area contributed by atoms with Crippen LogP contribution in [0.5, 0.6) is 0 Å². The number of anilines is 3. The Morgan fingerprint density at radius 3 is 1.69 bits per heavy atom. The predicted octanol–water partition coefficient (Wildman–Crippen LogP) is 15.4. The second-order valence-electron chi connectivity index (χ2n) is 14.7. The molecule has 0 bridgehead atoms. The molecule has 3 heteroatoms. The van der Waals surface area contributed by atoms with Crippen molar-refractivity contribution in [2.45, 2.75) is 0 Å². The number of aromatic nitrogens is 1. The number of hydrogen-bond donors (Lipinski definition) is 0. The summed E-state index contributed by atoms with van der Waals surface area (Å²) in [6, 6.07) is 77.8. The molecular weight excluding hydrogens is 705 g/mol. The van der Waals surface area contributed by atoms with Gasteiger partial charge in [0.15, 0.2) is 5.58 Å². The molecule has 11 aromatic rings. The first-order chi connectivity index (χ1) is 28.7. The monoisotopic (exact) mass is 740 g/mol. The SMILES string of the molecule is c1ccc(-c2ccc(N(c3ccccc3)c3ccccc3-c3cccc4ccc5oc(-c6ccc7ccccc7c6)nc5c34)c(-c3ccc4ccccc4c3)c2)cc1. The van der Waals surface area contributed by atoms with E-state index in [1.54, 1.807) is 0 Å². The lowest BCUT2D eigenvalue weighted by Gasteiger charge is -2.30. The molecule has 0 N–H and O–H groups in total. The van der Waals surface area contributed by atoms with E-state index >= 15 is 0 Å². The average Bonchev–Trinajstić information content (AvgIpc) is 3.75. The molecule has 0 atom stereocenters. The van der Waals surface area contributed by atoms with Crippen LogP contribution in [-0.2, 0) is 0 Å². The lowest BCUT2D eigenvalue weighted by Crippen LogP contribution is -2.12. The molecule has 58 heavy (non-hydrogen) atoms. The fourth-order valence-corrected chi connectivity index (χ4v) is 8.44. The van der Waals surface area contributed by atoms with Crippen molar-refractivity contribution in [1.29, 1.82) is 0 Å². The summed E-state index contributed by atoms with van der Waals surface area (Å²) >= 11 is 0. The molecule has 1 aromatic heterocycles. The van der Waals surface area contributed by atoms with Crippen molar-refractivity contribution in [3.8, 4) is 44.8 Å². The number of oxazole rings is 1. The average molecular weight is 741 g/mol. The van der Waals surface area contributed by atoms with E-state index in [-0.39, 0.29) is 0 Å². The highest BCUT2D eigenvalue weighted by molar-refractivity contribution is 6.13. The van der Waals surface area contributed by atoms with Crippen LogP contribution in [0, 0.1) is 0 Å². The molecule has 0 saturated heterocycles. The Kier molecular flexibility index (Phi) is 8.15. The van der Waals surface area contributed by atoms with Gasteiger partial charge in [0.2, 0.25) is 5.89 Å². The second kappa shape index (κ2) is 14.1. The Balaban J connectivity index is 1.14. The molecule has 11 rings (SSSR count). The first kappa shape index (κ1) is 33.6. The van der Waals surface area contributed by atoms with Gasteiger partial charge in [0.05, 0.1) is 11.4 Å². The Labute approximate surface area is 336 Å². The van der Waals surface area contributed by atoms with Crippen LogP contribution in [0.3, 0.4) is 0 Å². The maximum Gasteiger partial charge on any atom is 0.227 e. The normalized spacial score (nSPS) is 11.4. The van der Waals surface area contributed by atoms with Gasteiger partial charge in [0.25, 0.3) is 0 Å². The highest BCUT2D eigenvalue weighted by Crippen LogP contribution is 2.48. The van der Waals surface area contributed by atoms with Gasteiger partial charge in [-0.3, -0.25) is 0 Å². The van der Waals surface area contributed by atoms with Crippen molar-refractivity contribution in [1.82, 2.24) is 4.98 Å². The lowest BCUT2D eigenvalue weighted by atomic mass is 9.93. The van der Waals surface area contributed by atoms with E-state index in [0.717, 1.165) is 72.1 Å². The topological polar surface area (TPSA) is 29.3 Å². The molecule has 3 nitrogen and oxygen atoms in total. The minimum Gasteiger partial charge on any atom is -0.436 e. The zero-order chi connectivity index (χ0) is 38.4. The van der Waals surface area contributed by atoms with Crippen molar-refractivity contribution < 1.29 is 4.42 Å². The summed E-state index contributed by atoms with van der Waals surface area (Å²) in [6.07, 6.45) is 0. The third kappa shape index (κ3) is 5.89. The van der Waals surface area contributed by atoms with E-state index in [1.807, 2.05) is 6.07 Å². The van der Waals surface area contributed by atoms with E-state index in [1.165, 1.54) is 27.3 Å². The van der Waals surface area contributed by atoms with Gasteiger partial charge in [-0.05, 0) is 104 Å². The van der Waals surface area contributed by atoms with Gasteiger partial charge in [-0.25, -0.2) is 4.98 Å². The zero-order valence-electron chi connectivity index (χ0n) is 31.6. The Morgan fingerprint density at radius 2 is 0.914 bits per heavy atom. The van der Waals surface area contributed by atoms with Crippen LogP contribution in [0.1, 0.15) is 0 Å². The van der Waals surface area contributed by atoms with Crippen LogP contribution in [0.25, 0.3) is 88.3 Å². The van der Waals surface area contributed by atoms with Crippen LogP contribution >= 0.6 is 0 Å². The first-order valence-corrected chi connectivity index (χ1v) is 19.7. The summed E-state index contributed by atoms with van der Waals surface area (Å²) < 4.78 is 6.54. The van der Waals surface area contributed by atoms with Gasteiger partial charge in [-0.15, -0.1) is 0 Å². The maximum atomic E-state index is 6.54. The first-order valence-electron chi connectivity index (χ1n) is 19.7. The molecule has 10 aromatic carbocycles. The summed E-state index contributed by atoms with van der Waals surface area (Å²) in [5, 5.41) is 6.93. The number of rotatable bonds is 7. The summed E-state index contributed by atoms with van der Waals surface area (Å²) in [7, 11) is 0. The van der Waals surface area contributed by atoms with Gasteiger partial charge < -0.3 is 9.32 Å². The van der Waals surface area contributed by atoms with Gasteiger partial charge >= 0.3 is 0 Å². The molecule has 0 aliphatic rings. The summed E-state index contributed by atoms with van der Waals surface area (Å²) in [6.45, 7) is 0. The predicted molar refractivity (Wildman–Crippen MR) is 243 cm³/mol. The quantitative estimate of drug-likeness (QED) is 0.163. The van der Waals surface area contributed by atoms with E-state index < -0.39 is 0 Å². The summed E-state index contributed by atoms with van der Waals surface area (Å²) in [4.78, 5) is 7.65. The number of benzene rings is 10. The van der Waals surface area contributed by atoms with Gasteiger partial charge in [0, 0.05) is 27.8 Å². The third-order valence-electron chi connectivity index (χ3n) is 11.3. The molecule has 0 saturated carbocycles. The van der Waals surface area contributed by atoms with Crippen LogP contribution in [0.4, 0.5) is 17.1 Å². The minimum atomic E-state index is 0.612. The highest BCUT2D eigenvalue weighted by Gasteiger charge is 2.23. The maximum absolute atomic E-state index is 6.54. The molecule has 0 unspecified atom stereocenters. The number of para-hydroxylation sites is 2. The molecule has 0 fully saturated rings. The molecule has 0 aliphatic heterocycles. The third-order valence-corrected chi connectivity index (χ3v) is 11.3. The fourth-order valence-electron chi connectivity index (χ4n) is 8.44. The molecular formula is C55H36N2O. The Bertz CT molecular complexity index is 3290. The largest absolute Gasteiger partial charge is 0.436 e. The fraction of sp³-hybridized carbons (Fsp3) is 0. The molecule has 0 spiro atoms. The van der Waals surface area contributed by atoms with Gasteiger partial charge in [0.1, 0.15) is 5.52 Å². The Morgan fingerprint density at radius 1 is 0.345 bits per heavy atom. The van der Waals surface area contributed by atoms with Crippen molar-refractivity contribution in [2.75, 3.05) is 4.90 Å². The molecule has 272 valence electrons. The van der Waals surface area contributed by atoms with Crippen molar-refractivity contribution in [2.24, 2.45) is 0 Å². The molecule has 0 aliphatic carbocycles. The smallest absolute Gasteiger partial charge is 0.227 e. The lowest BCUT2D eigenvalue weighted by molar-refractivity contribution is 0.620. The number of nitrogens with zero attached hydrogens (tertiary/aromatic N) is 2. The number of fused-ring (bicyclic) bond motifs is 5. The second-order valence-corrected chi connectivity index (χ2v) is 14.7. The van der Waals surface area contributed by atoms with E-state index in [4.69, 9.17) is 9.40 Å². The molecule has 0 radical (unpaired) electrons. The van der Waals surface area contributed by atoms with Crippen molar-refractivity contribution in [3.63, 3.8) is 0 Å². The van der Waals surface area contributed by atoms with Crippen molar-refractivity contribution >= 4 is 60.5 Å². The van der Waals surface area contributed by atoms with Crippen LogP contribution in [0.15, 0.2) is 223 Å². The highest BCUT2D eigenvalue weighted by atomic mass is 16.3. The van der Waals surface area contributed by atoms with Gasteiger partial charge in [-0.1, -0.05) is 164 Å². The van der Waals surface area contributed by atoms with Crippen LogP contribution in [0.2, 0.25) is 0 Å². The Hall–Kier alpha value is -7.75. The zero-order valence-corrected chi connectivity index (χ0v) is 31.6. The van der Waals surface area contributed by atoms with Gasteiger partial charge in [-0.2, -0.15) is 0 Å². The molecule has 1 heterocycles. The van der Waals surface area contributed by atoms with Crippen LogP contribution < -0.4 is 4.90 Å². The summed E-state index contributed by atoms with van der Waals surface area (Å²) in [5.74, 6) is 0.612. The van der Waals surface area contributed by atoms with E-state index in [2.05, 4.69) is 217 Å². The number of hydrogen-bond acceptors (Lipinski definition) is 3. The summed E-state index contributed by atoms with van der Waals surface area (Å²) in [5.41, 5.74) is 12.6. The van der Waals surface area contributed by atoms with E-state index in [9.17, 15) is 0 Å².